The van der Waals surface area contributed by atoms with Crippen molar-refractivity contribution in [3.8, 4) is 0 Å². The molecule has 0 aliphatic carbocycles. The molecule has 0 aliphatic heterocycles. The Morgan fingerprint density at radius 1 is 1.28 bits per heavy atom. The van der Waals surface area contributed by atoms with Crippen LogP contribution in [0.3, 0.4) is 0 Å². The van der Waals surface area contributed by atoms with Crippen LogP contribution in [0, 0.1) is 0 Å². The molecule has 3 N–H and O–H groups in total. The second-order valence-corrected chi connectivity index (χ2v) is 4.24. The molecule has 0 spiro atoms. The third-order valence-electron chi connectivity index (χ3n) is 2.99. The minimum Gasteiger partial charge on any atom is -0.334 e. The van der Waals surface area contributed by atoms with E-state index in [1.54, 1.807) is 4.90 Å². The van der Waals surface area contributed by atoms with E-state index < -0.39 is 0 Å². The number of carbonyl (C=O) groups is 1. The van der Waals surface area contributed by atoms with E-state index in [-0.39, 0.29) is 12.1 Å². The second-order valence-electron chi connectivity index (χ2n) is 4.24. The molecule has 0 saturated heterocycles. The normalized spacial score (nSPS) is 11.9. The van der Waals surface area contributed by atoms with Gasteiger partial charge in [-0.15, -0.1) is 0 Å². The van der Waals surface area contributed by atoms with Crippen molar-refractivity contribution in [2.24, 2.45) is 5.73 Å². The summed E-state index contributed by atoms with van der Waals surface area (Å²) in [4.78, 5) is 13.7. The van der Waals surface area contributed by atoms with E-state index in [2.05, 4.69) is 5.32 Å². The molecule has 0 radical (unpaired) electrons. The Hall–Kier alpha value is -1.55. The maximum absolute atomic E-state index is 11.9. The number of amides is 2. The molecule has 4 nitrogen and oxygen atoms in total. The lowest BCUT2D eigenvalue weighted by molar-refractivity contribution is 0.199. The van der Waals surface area contributed by atoms with E-state index in [0.717, 1.165) is 6.42 Å². The topological polar surface area (TPSA) is 58.4 Å². The third-order valence-corrected chi connectivity index (χ3v) is 2.99. The average Bonchev–Trinajstić information content (AvgIpc) is 2.40. The largest absolute Gasteiger partial charge is 0.334 e. The predicted molar refractivity (Wildman–Crippen MR) is 74.4 cm³/mol. The van der Waals surface area contributed by atoms with E-state index >= 15 is 0 Å². The molecule has 0 aliphatic rings. The van der Waals surface area contributed by atoms with Gasteiger partial charge in [-0.3, -0.25) is 0 Å². The molecule has 0 bridgehead atoms. The van der Waals surface area contributed by atoms with Gasteiger partial charge in [0.25, 0.3) is 0 Å². The van der Waals surface area contributed by atoms with Crippen molar-refractivity contribution >= 4 is 6.03 Å². The first kappa shape index (κ1) is 14.5. The van der Waals surface area contributed by atoms with Crippen LogP contribution in [0.4, 0.5) is 4.79 Å². The zero-order valence-electron chi connectivity index (χ0n) is 11.2. The van der Waals surface area contributed by atoms with E-state index in [4.69, 9.17) is 5.73 Å². The third kappa shape index (κ3) is 4.37. The Morgan fingerprint density at radius 3 is 2.39 bits per heavy atom. The molecule has 1 unspecified atom stereocenters. The summed E-state index contributed by atoms with van der Waals surface area (Å²) in [6, 6.07) is 10.0. The number of urea groups is 1. The average molecular weight is 249 g/mol. The summed E-state index contributed by atoms with van der Waals surface area (Å²) in [5, 5.41) is 2.98. The molecule has 2 amide bonds. The van der Waals surface area contributed by atoms with Crippen molar-refractivity contribution in [3.05, 3.63) is 35.9 Å². The van der Waals surface area contributed by atoms with Gasteiger partial charge in [0.2, 0.25) is 0 Å². The van der Waals surface area contributed by atoms with Crippen LogP contribution in [0.25, 0.3) is 0 Å². The van der Waals surface area contributed by atoms with E-state index in [9.17, 15) is 4.79 Å². The molecule has 4 heteroatoms. The van der Waals surface area contributed by atoms with Crippen molar-refractivity contribution in [1.29, 1.82) is 0 Å². The second kappa shape index (κ2) is 7.71. The monoisotopic (exact) mass is 249 g/mol. The zero-order valence-corrected chi connectivity index (χ0v) is 11.2. The van der Waals surface area contributed by atoms with E-state index in [1.165, 1.54) is 5.56 Å². The van der Waals surface area contributed by atoms with Crippen molar-refractivity contribution in [1.82, 2.24) is 10.2 Å². The molecule has 0 heterocycles. The quantitative estimate of drug-likeness (QED) is 0.804. The lowest BCUT2D eigenvalue weighted by Gasteiger charge is -2.24. The summed E-state index contributed by atoms with van der Waals surface area (Å²) in [5.41, 5.74) is 6.91. The van der Waals surface area contributed by atoms with Gasteiger partial charge < -0.3 is 16.0 Å². The minimum atomic E-state index is -0.0358. The highest BCUT2D eigenvalue weighted by molar-refractivity contribution is 5.74. The van der Waals surface area contributed by atoms with Crippen LogP contribution in [0.15, 0.2) is 30.3 Å². The van der Waals surface area contributed by atoms with Crippen LogP contribution >= 0.6 is 0 Å². The summed E-state index contributed by atoms with van der Waals surface area (Å²) in [6.45, 7) is 5.81. The summed E-state index contributed by atoms with van der Waals surface area (Å²) in [5.74, 6) is 0. The smallest absolute Gasteiger partial charge is 0.317 e. The summed E-state index contributed by atoms with van der Waals surface area (Å²) in [6.07, 6.45) is 0.768. The van der Waals surface area contributed by atoms with E-state index in [0.29, 0.717) is 19.6 Å². The van der Waals surface area contributed by atoms with Gasteiger partial charge in [-0.05, 0) is 25.8 Å². The highest BCUT2D eigenvalue weighted by atomic mass is 16.2. The van der Waals surface area contributed by atoms with Gasteiger partial charge in [0.15, 0.2) is 0 Å². The lowest BCUT2D eigenvalue weighted by atomic mass is 10.1. The SMILES string of the molecule is CCN(CC)C(=O)NC(CN)Cc1ccccc1. The first-order valence-electron chi connectivity index (χ1n) is 6.50. The van der Waals surface area contributed by atoms with Gasteiger partial charge >= 0.3 is 6.03 Å². The maximum Gasteiger partial charge on any atom is 0.317 e. The molecule has 1 aromatic carbocycles. The zero-order chi connectivity index (χ0) is 13.4. The van der Waals surface area contributed by atoms with Crippen LogP contribution in [0.5, 0.6) is 0 Å². The molecule has 18 heavy (non-hydrogen) atoms. The van der Waals surface area contributed by atoms with E-state index in [1.807, 2.05) is 44.2 Å². The standard InChI is InChI=1S/C14H23N3O/c1-3-17(4-2)14(18)16-13(11-15)10-12-8-6-5-7-9-12/h5-9,13H,3-4,10-11,15H2,1-2H3,(H,16,18). The van der Waals surface area contributed by atoms with Crippen LogP contribution in [0.1, 0.15) is 19.4 Å². The fourth-order valence-electron chi connectivity index (χ4n) is 1.87. The van der Waals surface area contributed by atoms with Gasteiger partial charge in [-0.2, -0.15) is 0 Å². The molecule has 1 aromatic rings. The number of nitrogens with one attached hydrogen (secondary N) is 1. The number of hydrogen-bond donors (Lipinski definition) is 2. The number of hydrogen-bond acceptors (Lipinski definition) is 2. The Kier molecular flexibility index (Phi) is 6.22. The fourth-order valence-corrected chi connectivity index (χ4v) is 1.87. The Morgan fingerprint density at radius 2 is 1.89 bits per heavy atom. The fraction of sp³-hybridized carbons (Fsp3) is 0.500. The van der Waals surface area contributed by atoms with Crippen LogP contribution in [-0.2, 0) is 6.42 Å². The molecule has 0 aromatic heterocycles. The summed E-state index contributed by atoms with van der Waals surface area (Å²) < 4.78 is 0. The molecule has 100 valence electrons. The summed E-state index contributed by atoms with van der Waals surface area (Å²) >= 11 is 0. The lowest BCUT2D eigenvalue weighted by Crippen LogP contribution is -2.48. The Bertz CT molecular complexity index is 349. The number of rotatable bonds is 6. The van der Waals surface area contributed by atoms with Gasteiger partial charge in [0, 0.05) is 25.7 Å². The summed E-state index contributed by atoms with van der Waals surface area (Å²) in [7, 11) is 0. The predicted octanol–water partition coefficient (Wildman–Crippen LogP) is 1.61. The van der Waals surface area contributed by atoms with Gasteiger partial charge in [-0.25, -0.2) is 4.79 Å². The number of carbonyl (C=O) groups excluding carboxylic acids is 1. The van der Waals surface area contributed by atoms with Gasteiger partial charge in [0.05, 0.1) is 0 Å². The van der Waals surface area contributed by atoms with Gasteiger partial charge in [0.1, 0.15) is 0 Å². The molecule has 0 fully saturated rings. The number of nitrogens with two attached hydrogens (primary N) is 1. The van der Waals surface area contributed by atoms with Crippen molar-refractivity contribution in [2.75, 3.05) is 19.6 Å². The molecular weight excluding hydrogens is 226 g/mol. The first-order chi connectivity index (χ1) is 8.71. The molecule has 0 saturated carbocycles. The maximum atomic E-state index is 11.9. The van der Waals surface area contributed by atoms with Crippen LogP contribution < -0.4 is 11.1 Å². The van der Waals surface area contributed by atoms with Crippen molar-refractivity contribution < 1.29 is 4.79 Å². The number of benzene rings is 1. The van der Waals surface area contributed by atoms with Crippen molar-refractivity contribution in [2.45, 2.75) is 26.3 Å². The molecular formula is C14H23N3O. The molecule has 1 rings (SSSR count). The minimum absolute atomic E-state index is 0.0134. The Labute approximate surface area is 109 Å². The van der Waals surface area contributed by atoms with Gasteiger partial charge in [-0.1, -0.05) is 30.3 Å². The highest BCUT2D eigenvalue weighted by Crippen LogP contribution is 2.03. The molecule has 1 atom stereocenters. The highest BCUT2D eigenvalue weighted by Gasteiger charge is 2.14. The van der Waals surface area contributed by atoms with Crippen molar-refractivity contribution in [3.63, 3.8) is 0 Å². The van der Waals surface area contributed by atoms with Crippen LogP contribution in [-0.4, -0.2) is 36.6 Å². The Balaban J connectivity index is 2.54. The number of nitrogens with zero attached hydrogens (tertiary/aromatic N) is 1. The first-order valence-corrected chi connectivity index (χ1v) is 6.50. The van der Waals surface area contributed by atoms with Crippen LogP contribution in [0.2, 0.25) is 0 Å².